The van der Waals surface area contributed by atoms with Crippen molar-refractivity contribution in [3.63, 3.8) is 0 Å². The summed E-state index contributed by atoms with van der Waals surface area (Å²) in [7, 11) is 0. The van der Waals surface area contributed by atoms with Crippen LogP contribution in [0.1, 0.15) is 26.7 Å². The van der Waals surface area contributed by atoms with Crippen LogP contribution in [0.25, 0.3) is 11.3 Å². The maximum Gasteiger partial charge on any atom is 0.0455 e. The van der Waals surface area contributed by atoms with Crippen molar-refractivity contribution >= 4 is 11.3 Å². The van der Waals surface area contributed by atoms with Gasteiger partial charge >= 0.3 is 0 Å². The van der Waals surface area contributed by atoms with E-state index in [4.69, 9.17) is 0 Å². The van der Waals surface area contributed by atoms with Crippen LogP contribution in [-0.2, 0) is 0 Å². The molecule has 0 saturated heterocycles. The fourth-order valence-electron chi connectivity index (χ4n) is 2.72. The molecule has 0 unspecified atom stereocenters. The Morgan fingerprint density at radius 3 is 2.44 bits per heavy atom. The second-order valence-electron chi connectivity index (χ2n) is 5.26. The molecule has 1 aromatic carbocycles. The molecule has 1 aliphatic carbocycles. The van der Waals surface area contributed by atoms with Crippen LogP contribution in [0.15, 0.2) is 47.6 Å². The van der Waals surface area contributed by atoms with Gasteiger partial charge in [0.25, 0.3) is 0 Å². The topological polar surface area (TPSA) is 12.0 Å². The van der Waals surface area contributed by atoms with E-state index in [1.54, 1.807) is 0 Å². The maximum atomic E-state index is 3.59. The van der Waals surface area contributed by atoms with Crippen LogP contribution in [0.3, 0.4) is 0 Å². The molecule has 1 heteroatoms. The van der Waals surface area contributed by atoms with Gasteiger partial charge in [-0.15, -0.1) is 0 Å². The molecule has 0 bridgehead atoms. The molecule has 1 aliphatic heterocycles. The van der Waals surface area contributed by atoms with Crippen molar-refractivity contribution < 1.29 is 0 Å². The van der Waals surface area contributed by atoms with Gasteiger partial charge in [-0.05, 0) is 43.1 Å². The van der Waals surface area contributed by atoms with E-state index in [0.717, 1.165) is 13.0 Å². The monoisotopic (exact) mass is 237 g/mol. The average Bonchev–Trinajstić information content (AvgIpc) is 2.41. The van der Waals surface area contributed by atoms with Gasteiger partial charge < -0.3 is 5.32 Å². The van der Waals surface area contributed by atoms with Crippen molar-refractivity contribution in [2.24, 2.45) is 0 Å². The Balaban J connectivity index is 2.24. The lowest BCUT2D eigenvalue weighted by Crippen LogP contribution is -2.40. The third-order valence-corrected chi connectivity index (χ3v) is 3.87. The van der Waals surface area contributed by atoms with Gasteiger partial charge in [-0.1, -0.05) is 42.0 Å². The summed E-state index contributed by atoms with van der Waals surface area (Å²) in [5.74, 6) is 0. The Morgan fingerprint density at radius 2 is 1.72 bits per heavy atom. The van der Waals surface area contributed by atoms with E-state index >= 15 is 0 Å². The first kappa shape index (κ1) is 11.3. The molecule has 2 aliphatic rings. The zero-order valence-electron chi connectivity index (χ0n) is 11.1. The molecular formula is C17H19N. The van der Waals surface area contributed by atoms with E-state index in [1.165, 1.54) is 39.3 Å². The normalized spacial score (nSPS) is 18.8. The van der Waals surface area contributed by atoms with Gasteiger partial charge in [0.1, 0.15) is 0 Å². The van der Waals surface area contributed by atoms with Crippen molar-refractivity contribution in [1.82, 2.24) is 5.32 Å². The standard InChI is InChI=1S/C17H19N/c1-12-7-9-14(10-8-12)17-16-6-4-3-5-15(16)13(2)11-18-17/h3-7,9,18H,8,10-11H2,1-2H3. The number of fused-ring (bicyclic) bond motifs is 1. The van der Waals surface area contributed by atoms with Gasteiger partial charge in [0, 0.05) is 17.5 Å². The summed E-state index contributed by atoms with van der Waals surface area (Å²) in [4.78, 5) is 0. The van der Waals surface area contributed by atoms with E-state index < -0.39 is 0 Å². The third kappa shape index (κ3) is 1.90. The molecule has 0 spiro atoms. The molecule has 0 atom stereocenters. The van der Waals surface area contributed by atoms with E-state index in [-0.39, 0.29) is 0 Å². The van der Waals surface area contributed by atoms with Gasteiger partial charge in [0.15, 0.2) is 0 Å². The van der Waals surface area contributed by atoms with E-state index in [9.17, 15) is 0 Å². The Labute approximate surface area is 108 Å². The predicted molar refractivity (Wildman–Crippen MR) is 77.3 cm³/mol. The molecule has 0 saturated carbocycles. The van der Waals surface area contributed by atoms with Crippen molar-refractivity contribution in [3.8, 4) is 0 Å². The van der Waals surface area contributed by atoms with Crippen molar-refractivity contribution in [1.29, 1.82) is 0 Å². The molecule has 92 valence electrons. The van der Waals surface area contributed by atoms with Crippen LogP contribution in [0.5, 0.6) is 0 Å². The number of hydrogen-bond acceptors (Lipinski definition) is 1. The minimum Gasteiger partial charge on any atom is -0.381 e. The molecule has 1 heterocycles. The second kappa shape index (κ2) is 4.49. The zero-order valence-corrected chi connectivity index (χ0v) is 11.1. The minimum absolute atomic E-state index is 0.965. The fraction of sp³-hybridized carbons (Fsp3) is 0.294. The minimum atomic E-state index is 0.965. The lowest BCUT2D eigenvalue weighted by molar-refractivity contribution is 0.888. The van der Waals surface area contributed by atoms with Gasteiger partial charge in [0.05, 0.1) is 0 Å². The van der Waals surface area contributed by atoms with E-state index in [1.807, 2.05) is 0 Å². The van der Waals surface area contributed by atoms with Crippen molar-refractivity contribution in [3.05, 3.63) is 58.0 Å². The Hall–Kier alpha value is -1.76. The summed E-state index contributed by atoms with van der Waals surface area (Å²) in [6.45, 7) is 5.38. The maximum absolute atomic E-state index is 3.59. The molecule has 0 amide bonds. The molecule has 1 aromatic rings. The smallest absolute Gasteiger partial charge is 0.0455 e. The first-order valence-corrected chi connectivity index (χ1v) is 6.65. The van der Waals surface area contributed by atoms with Crippen LogP contribution in [0.2, 0.25) is 0 Å². The van der Waals surface area contributed by atoms with Gasteiger partial charge in [-0.2, -0.15) is 0 Å². The highest BCUT2D eigenvalue weighted by Crippen LogP contribution is 2.23. The van der Waals surface area contributed by atoms with Crippen molar-refractivity contribution in [2.45, 2.75) is 26.7 Å². The Morgan fingerprint density at radius 1 is 0.944 bits per heavy atom. The van der Waals surface area contributed by atoms with Crippen LogP contribution in [-0.4, -0.2) is 6.54 Å². The fourth-order valence-corrected chi connectivity index (χ4v) is 2.72. The molecule has 0 fully saturated rings. The summed E-state index contributed by atoms with van der Waals surface area (Å²) in [5.41, 5.74) is 5.68. The molecule has 3 rings (SSSR count). The number of nitrogens with one attached hydrogen (secondary N) is 1. The number of hydrogen-bond donors (Lipinski definition) is 1. The number of benzene rings is 1. The summed E-state index contributed by atoms with van der Waals surface area (Å²) in [6.07, 6.45) is 6.86. The first-order chi connectivity index (χ1) is 8.75. The SMILES string of the molecule is CC1=CC=C(C2=c3ccccc3=C(C)CN2)CC1. The lowest BCUT2D eigenvalue weighted by Gasteiger charge is -2.21. The average molecular weight is 237 g/mol. The van der Waals surface area contributed by atoms with E-state index in [2.05, 4.69) is 55.6 Å². The van der Waals surface area contributed by atoms with Crippen molar-refractivity contribution in [2.75, 3.05) is 6.54 Å². The summed E-state index contributed by atoms with van der Waals surface area (Å²) >= 11 is 0. The molecule has 18 heavy (non-hydrogen) atoms. The van der Waals surface area contributed by atoms with E-state index in [0.29, 0.717) is 0 Å². The Kier molecular flexibility index (Phi) is 2.83. The highest BCUT2D eigenvalue weighted by Gasteiger charge is 2.13. The first-order valence-electron chi connectivity index (χ1n) is 6.65. The van der Waals surface area contributed by atoms with Crippen LogP contribution in [0, 0.1) is 0 Å². The highest BCUT2D eigenvalue weighted by atomic mass is 14.9. The number of rotatable bonds is 1. The summed E-state index contributed by atoms with van der Waals surface area (Å²) in [5, 5.41) is 6.35. The molecule has 1 N–H and O–H groups in total. The summed E-state index contributed by atoms with van der Waals surface area (Å²) < 4.78 is 0. The largest absolute Gasteiger partial charge is 0.381 e. The highest BCUT2D eigenvalue weighted by molar-refractivity contribution is 5.68. The second-order valence-corrected chi connectivity index (χ2v) is 5.26. The van der Waals surface area contributed by atoms with Crippen LogP contribution >= 0.6 is 0 Å². The van der Waals surface area contributed by atoms with Crippen LogP contribution in [0.4, 0.5) is 0 Å². The Bertz CT molecular complexity index is 659. The molecule has 0 aromatic heterocycles. The molecule has 1 nitrogen and oxygen atoms in total. The predicted octanol–water partition coefficient (Wildman–Crippen LogP) is 2.24. The van der Waals surface area contributed by atoms with Gasteiger partial charge in [-0.25, -0.2) is 0 Å². The molecular weight excluding hydrogens is 218 g/mol. The van der Waals surface area contributed by atoms with Gasteiger partial charge in [0.2, 0.25) is 0 Å². The number of allylic oxidation sites excluding steroid dienone is 3. The zero-order chi connectivity index (χ0) is 12.5. The third-order valence-electron chi connectivity index (χ3n) is 3.87. The van der Waals surface area contributed by atoms with Crippen LogP contribution < -0.4 is 15.8 Å². The summed E-state index contributed by atoms with van der Waals surface area (Å²) in [6, 6.07) is 8.72. The molecule has 0 radical (unpaired) electrons. The van der Waals surface area contributed by atoms with Gasteiger partial charge in [-0.3, -0.25) is 0 Å². The lowest BCUT2D eigenvalue weighted by atomic mass is 9.94. The quantitative estimate of drug-likeness (QED) is 0.790.